The van der Waals surface area contributed by atoms with Crippen LogP contribution in [0.3, 0.4) is 0 Å². The number of benzene rings is 1. The Morgan fingerprint density at radius 1 is 1.19 bits per heavy atom. The van der Waals surface area contributed by atoms with Crippen LogP contribution in [0.25, 0.3) is 10.6 Å². The van der Waals surface area contributed by atoms with Gasteiger partial charge in [0.05, 0.1) is 17.4 Å². The van der Waals surface area contributed by atoms with Crippen molar-refractivity contribution < 1.29 is 4.79 Å². The Labute approximate surface area is 158 Å². The lowest BCUT2D eigenvalue weighted by Gasteiger charge is -2.27. The Morgan fingerprint density at radius 3 is 2.62 bits per heavy atom. The third-order valence-electron chi connectivity index (χ3n) is 4.59. The number of hydrogen-bond acceptors (Lipinski definition) is 4. The van der Waals surface area contributed by atoms with Gasteiger partial charge in [-0.25, -0.2) is 4.98 Å². The van der Waals surface area contributed by atoms with Crippen molar-refractivity contribution in [3.05, 3.63) is 70.5 Å². The first-order valence-electron chi connectivity index (χ1n) is 8.73. The molecule has 0 saturated carbocycles. The molecule has 3 rings (SSSR count). The van der Waals surface area contributed by atoms with E-state index in [0.29, 0.717) is 5.56 Å². The minimum absolute atomic E-state index is 0.00523. The van der Waals surface area contributed by atoms with Gasteiger partial charge in [0, 0.05) is 29.2 Å². The van der Waals surface area contributed by atoms with Crippen LogP contribution in [-0.2, 0) is 0 Å². The van der Waals surface area contributed by atoms with Gasteiger partial charge in [-0.3, -0.25) is 9.78 Å². The summed E-state index contributed by atoms with van der Waals surface area (Å²) in [5.41, 5.74) is 3.61. The molecular formula is C21H23N3OS. The zero-order chi connectivity index (χ0) is 18.7. The second-order valence-electron chi connectivity index (χ2n) is 6.34. The minimum Gasteiger partial charge on any atom is -0.333 e. The van der Waals surface area contributed by atoms with Crippen LogP contribution in [0.15, 0.2) is 48.7 Å². The molecule has 0 aliphatic heterocycles. The summed E-state index contributed by atoms with van der Waals surface area (Å²) in [5.74, 6) is -0.00523. The maximum atomic E-state index is 13.1. The van der Waals surface area contributed by atoms with Gasteiger partial charge in [0.1, 0.15) is 5.01 Å². The van der Waals surface area contributed by atoms with Crippen LogP contribution in [0.5, 0.6) is 0 Å². The molecule has 2 aromatic heterocycles. The van der Waals surface area contributed by atoms with Crippen LogP contribution in [-0.4, -0.2) is 27.8 Å². The monoisotopic (exact) mass is 365 g/mol. The highest BCUT2D eigenvalue weighted by Gasteiger charge is 2.22. The van der Waals surface area contributed by atoms with E-state index in [4.69, 9.17) is 0 Å². The van der Waals surface area contributed by atoms with E-state index < -0.39 is 0 Å². The van der Waals surface area contributed by atoms with Crippen molar-refractivity contribution >= 4 is 17.2 Å². The van der Waals surface area contributed by atoms with Crippen molar-refractivity contribution in [3.63, 3.8) is 0 Å². The van der Waals surface area contributed by atoms with Crippen molar-refractivity contribution in [3.8, 4) is 10.6 Å². The third kappa shape index (κ3) is 3.68. The van der Waals surface area contributed by atoms with E-state index in [1.165, 1.54) is 4.88 Å². The average molecular weight is 366 g/mol. The Hall–Kier alpha value is -2.53. The molecule has 26 heavy (non-hydrogen) atoms. The first-order chi connectivity index (χ1) is 12.5. The summed E-state index contributed by atoms with van der Waals surface area (Å²) >= 11 is 1.66. The second kappa shape index (κ2) is 7.79. The second-order valence-corrected chi connectivity index (χ2v) is 7.54. The maximum Gasteiger partial charge on any atom is 0.254 e. The predicted molar refractivity (Wildman–Crippen MR) is 106 cm³/mol. The Bertz CT molecular complexity index is 885. The Balaban J connectivity index is 1.88. The number of rotatable bonds is 5. The highest BCUT2D eigenvalue weighted by molar-refractivity contribution is 7.15. The molecule has 0 spiro atoms. The first kappa shape index (κ1) is 18.3. The summed E-state index contributed by atoms with van der Waals surface area (Å²) in [4.78, 5) is 25.1. The van der Waals surface area contributed by atoms with Gasteiger partial charge in [0.2, 0.25) is 0 Å². The number of amides is 1. The van der Waals surface area contributed by atoms with Crippen LogP contribution >= 0.6 is 11.3 Å². The normalized spacial score (nSPS) is 12.0. The number of nitrogens with zero attached hydrogens (tertiary/aromatic N) is 3. The van der Waals surface area contributed by atoms with Gasteiger partial charge < -0.3 is 4.90 Å². The molecule has 0 aliphatic rings. The van der Waals surface area contributed by atoms with Crippen molar-refractivity contribution in [2.75, 3.05) is 7.05 Å². The molecule has 134 valence electrons. The molecule has 5 heteroatoms. The SMILES string of the molecule is CCC(c1ccccn1)N(C)C(=O)c1cccc(-c2nc(C)c(C)s2)c1. The molecule has 1 aromatic carbocycles. The topological polar surface area (TPSA) is 46.1 Å². The maximum absolute atomic E-state index is 13.1. The summed E-state index contributed by atoms with van der Waals surface area (Å²) in [6.07, 6.45) is 2.58. The molecule has 0 saturated heterocycles. The van der Waals surface area contributed by atoms with Gasteiger partial charge in [-0.15, -0.1) is 11.3 Å². The van der Waals surface area contributed by atoms with Crippen LogP contribution < -0.4 is 0 Å². The number of carbonyl (C=O) groups excluding carboxylic acids is 1. The van der Waals surface area contributed by atoms with Crippen LogP contribution in [0.4, 0.5) is 0 Å². The molecule has 1 atom stereocenters. The first-order valence-corrected chi connectivity index (χ1v) is 9.55. The molecule has 0 aliphatic carbocycles. The smallest absolute Gasteiger partial charge is 0.254 e. The van der Waals surface area contributed by atoms with Gasteiger partial charge in [0.15, 0.2) is 0 Å². The van der Waals surface area contributed by atoms with Gasteiger partial charge in [-0.2, -0.15) is 0 Å². The molecular weight excluding hydrogens is 342 g/mol. The summed E-state index contributed by atoms with van der Waals surface area (Å²) in [6, 6.07) is 13.5. The molecule has 0 radical (unpaired) electrons. The van der Waals surface area contributed by atoms with Crippen molar-refractivity contribution in [1.82, 2.24) is 14.9 Å². The number of hydrogen-bond donors (Lipinski definition) is 0. The fourth-order valence-corrected chi connectivity index (χ4v) is 3.89. The molecule has 0 fully saturated rings. The standard InChI is InChI=1S/C21H23N3OS/c1-5-19(18-11-6-7-12-22-18)24(4)21(25)17-10-8-9-16(13-17)20-23-14(2)15(3)26-20/h6-13,19H,5H2,1-4H3. The average Bonchev–Trinajstić information content (AvgIpc) is 3.01. The van der Waals surface area contributed by atoms with Crippen molar-refractivity contribution in [1.29, 1.82) is 0 Å². The Kier molecular flexibility index (Phi) is 5.47. The third-order valence-corrected chi connectivity index (χ3v) is 5.71. The van der Waals surface area contributed by atoms with Gasteiger partial charge >= 0.3 is 0 Å². The summed E-state index contributed by atoms with van der Waals surface area (Å²) in [5, 5.41) is 0.953. The molecule has 3 aromatic rings. The van der Waals surface area contributed by atoms with Crippen LogP contribution in [0.1, 0.15) is 46.0 Å². The van der Waals surface area contributed by atoms with Crippen molar-refractivity contribution in [2.45, 2.75) is 33.2 Å². The zero-order valence-corrected chi connectivity index (χ0v) is 16.4. The number of thiazole rings is 1. The van der Waals surface area contributed by atoms with Crippen LogP contribution in [0, 0.1) is 13.8 Å². The number of pyridine rings is 1. The van der Waals surface area contributed by atoms with Crippen molar-refractivity contribution in [2.24, 2.45) is 0 Å². The molecule has 2 heterocycles. The number of carbonyl (C=O) groups is 1. The highest BCUT2D eigenvalue weighted by atomic mass is 32.1. The van der Waals surface area contributed by atoms with E-state index in [1.807, 2.05) is 56.4 Å². The van der Waals surface area contributed by atoms with E-state index in [2.05, 4.69) is 23.8 Å². The lowest BCUT2D eigenvalue weighted by atomic mass is 10.1. The van der Waals surface area contributed by atoms with E-state index >= 15 is 0 Å². The quantitative estimate of drug-likeness (QED) is 0.636. The van der Waals surface area contributed by atoms with E-state index in [9.17, 15) is 4.79 Å². The van der Waals surface area contributed by atoms with E-state index in [-0.39, 0.29) is 11.9 Å². The summed E-state index contributed by atoms with van der Waals surface area (Å²) in [7, 11) is 1.84. The van der Waals surface area contributed by atoms with E-state index in [1.54, 1.807) is 22.4 Å². The zero-order valence-electron chi connectivity index (χ0n) is 15.6. The summed E-state index contributed by atoms with van der Waals surface area (Å²) in [6.45, 7) is 6.15. The molecule has 0 N–H and O–H groups in total. The largest absolute Gasteiger partial charge is 0.333 e. The molecule has 0 bridgehead atoms. The lowest BCUT2D eigenvalue weighted by molar-refractivity contribution is 0.0723. The van der Waals surface area contributed by atoms with Gasteiger partial charge in [-0.05, 0) is 44.5 Å². The predicted octanol–water partition coefficient (Wildman–Crippen LogP) is 5.05. The molecule has 1 unspecified atom stereocenters. The Morgan fingerprint density at radius 2 is 2.00 bits per heavy atom. The molecule has 1 amide bonds. The van der Waals surface area contributed by atoms with Gasteiger partial charge in [-0.1, -0.05) is 25.1 Å². The van der Waals surface area contributed by atoms with E-state index in [0.717, 1.165) is 28.4 Å². The lowest BCUT2D eigenvalue weighted by Crippen LogP contribution is -2.31. The fraction of sp³-hybridized carbons (Fsp3) is 0.286. The highest BCUT2D eigenvalue weighted by Crippen LogP contribution is 2.29. The summed E-state index contributed by atoms with van der Waals surface area (Å²) < 4.78 is 0. The van der Waals surface area contributed by atoms with Crippen LogP contribution in [0.2, 0.25) is 0 Å². The fourth-order valence-electron chi connectivity index (χ4n) is 2.98. The molecule has 4 nitrogen and oxygen atoms in total. The minimum atomic E-state index is -0.0447. The number of aryl methyl sites for hydroxylation is 2. The number of aromatic nitrogens is 2. The van der Waals surface area contributed by atoms with Gasteiger partial charge in [0.25, 0.3) is 5.91 Å².